The number of piperidine rings is 1. The molecular formula is C32H35F6N5O3. The molecule has 3 aromatic rings. The number of nitrogens with two attached hydrogens (primary N) is 1. The number of alkyl halides is 6. The minimum absolute atomic E-state index is 0.0178. The fourth-order valence-electron chi connectivity index (χ4n) is 6.25. The van der Waals surface area contributed by atoms with Gasteiger partial charge in [-0.05, 0) is 55.4 Å². The molecule has 3 heterocycles. The zero-order chi connectivity index (χ0) is 33.4. The van der Waals surface area contributed by atoms with Gasteiger partial charge in [0, 0.05) is 42.0 Å². The van der Waals surface area contributed by atoms with Crippen molar-refractivity contribution in [1.82, 2.24) is 19.7 Å². The van der Waals surface area contributed by atoms with Crippen LogP contribution in [-0.4, -0.2) is 46.2 Å². The second-order valence-electron chi connectivity index (χ2n) is 11.4. The number of nitrogens with zero attached hydrogens (tertiary/aromatic N) is 4. The first-order chi connectivity index (χ1) is 21.7. The van der Waals surface area contributed by atoms with Crippen LogP contribution in [0.5, 0.6) is 11.5 Å². The second kappa shape index (κ2) is 12.9. The van der Waals surface area contributed by atoms with Gasteiger partial charge in [0.2, 0.25) is 5.82 Å². The molecule has 2 aliphatic rings. The number of aromatic nitrogens is 3. The average Bonchev–Trinajstić information content (AvgIpc) is 3.39. The first-order valence-electron chi connectivity index (χ1n) is 14.8. The third-order valence-corrected chi connectivity index (χ3v) is 8.31. The number of para-hydroxylation sites is 1. The van der Waals surface area contributed by atoms with Crippen LogP contribution < -0.4 is 15.2 Å². The van der Waals surface area contributed by atoms with Gasteiger partial charge in [0.15, 0.2) is 5.82 Å². The minimum Gasteiger partial charge on any atom is -0.496 e. The molecule has 0 aliphatic carbocycles. The van der Waals surface area contributed by atoms with Gasteiger partial charge in [-0.3, -0.25) is 4.57 Å². The van der Waals surface area contributed by atoms with E-state index in [0.717, 1.165) is 41.2 Å². The number of ether oxygens (including phenoxy) is 3. The number of aryl methyl sites for hydroxylation is 1. The van der Waals surface area contributed by atoms with Crippen LogP contribution in [0.3, 0.4) is 0 Å². The number of fused-ring (bicyclic) bond motifs is 3. The van der Waals surface area contributed by atoms with Crippen LogP contribution in [0.15, 0.2) is 61.0 Å². The Hall–Kier alpha value is -4.20. The van der Waals surface area contributed by atoms with E-state index in [2.05, 4.69) is 28.1 Å². The first-order valence-corrected chi connectivity index (χ1v) is 14.8. The molecule has 5 rings (SSSR count). The number of hydrogen-bond donors (Lipinski definition) is 1. The van der Waals surface area contributed by atoms with Crippen LogP contribution in [0, 0.1) is 5.92 Å². The van der Waals surface area contributed by atoms with E-state index >= 15 is 0 Å². The summed E-state index contributed by atoms with van der Waals surface area (Å²) >= 11 is 0. The van der Waals surface area contributed by atoms with Gasteiger partial charge in [-0.25, -0.2) is 0 Å². The molecule has 248 valence electrons. The van der Waals surface area contributed by atoms with Gasteiger partial charge >= 0.3 is 12.5 Å². The molecule has 14 heteroatoms. The second-order valence-corrected chi connectivity index (χ2v) is 11.4. The first kappa shape index (κ1) is 33.2. The van der Waals surface area contributed by atoms with E-state index in [-0.39, 0.29) is 23.5 Å². The Labute approximate surface area is 262 Å². The highest BCUT2D eigenvalue weighted by atomic mass is 19.4. The summed E-state index contributed by atoms with van der Waals surface area (Å²) in [5, 5.41) is 7.40. The lowest BCUT2D eigenvalue weighted by Gasteiger charge is -2.36. The molecule has 8 nitrogen and oxygen atoms in total. The largest absolute Gasteiger partial charge is 0.573 e. The molecule has 1 saturated heterocycles. The van der Waals surface area contributed by atoms with Crippen LogP contribution in [0.1, 0.15) is 73.2 Å². The highest BCUT2D eigenvalue weighted by Crippen LogP contribution is 2.47. The van der Waals surface area contributed by atoms with E-state index in [4.69, 9.17) is 15.2 Å². The molecule has 2 atom stereocenters. The Morgan fingerprint density at radius 1 is 1.02 bits per heavy atom. The fourth-order valence-corrected chi connectivity index (χ4v) is 6.25. The maximum absolute atomic E-state index is 14.4. The number of likely N-dealkylation sites (tertiary alicyclic amines) is 1. The smallest absolute Gasteiger partial charge is 0.496 e. The molecule has 0 bridgehead atoms. The molecule has 2 aliphatic heterocycles. The van der Waals surface area contributed by atoms with Gasteiger partial charge in [0.05, 0.1) is 12.8 Å². The quantitative estimate of drug-likeness (QED) is 0.242. The van der Waals surface area contributed by atoms with E-state index in [1.165, 1.54) is 7.11 Å². The lowest BCUT2D eigenvalue weighted by atomic mass is 9.92. The van der Waals surface area contributed by atoms with Crippen molar-refractivity contribution in [2.45, 2.75) is 63.8 Å². The molecule has 0 radical (unpaired) electrons. The Kier molecular flexibility index (Phi) is 9.30. The molecule has 2 aromatic carbocycles. The number of allylic oxidation sites excluding steroid dienone is 1. The molecule has 2 N–H and O–H groups in total. The predicted molar refractivity (Wildman–Crippen MR) is 157 cm³/mol. The molecule has 46 heavy (non-hydrogen) atoms. The summed E-state index contributed by atoms with van der Waals surface area (Å²) in [5.74, 6) is -1.37. The van der Waals surface area contributed by atoms with Crippen LogP contribution in [-0.2, 0) is 17.3 Å². The lowest BCUT2D eigenvalue weighted by Crippen LogP contribution is -2.34. The number of hydrogen-bond acceptors (Lipinski definition) is 7. The van der Waals surface area contributed by atoms with Crippen LogP contribution in [0.25, 0.3) is 5.69 Å². The summed E-state index contributed by atoms with van der Waals surface area (Å²) in [5.41, 5.74) is 8.09. The summed E-state index contributed by atoms with van der Waals surface area (Å²) < 4.78 is 100. The molecule has 0 spiro atoms. The van der Waals surface area contributed by atoms with Crippen LogP contribution in [0.4, 0.5) is 26.3 Å². The third-order valence-electron chi connectivity index (χ3n) is 8.31. The normalized spacial score (nSPS) is 18.8. The van der Waals surface area contributed by atoms with Crippen molar-refractivity contribution in [3.8, 4) is 17.2 Å². The average molecular weight is 652 g/mol. The predicted octanol–water partition coefficient (Wildman–Crippen LogP) is 7.39. The van der Waals surface area contributed by atoms with Crippen LogP contribution in [0.2, 0.25) is 0 Å². The van der Waals surface area contributed by atoms with E-state index in [1.807, 2.05) is 17.9 Å². The number of halogens is 6. The molecular weight excluding hydrogens is 616 g/mol. The fraction of sp³-hybridized carbons (Fsp3) is 0.438. The third kappa shape index (κ3) is 6.96. The summed E-state index contributed by atoms with van der Waals surface area (Å²) in [6.07, 6.45) is -9.36. The molecule has 0 saturated carbocycles. The van der Waals surface area contributed by atoms with Gasteiger partial charge in [-0.1, -0.05) is 38.3 Å². The van der Waals surface area contributed by atoms with Crippen molar-refractivity contribution >= 4 is 0 Å². The summed E-state index contributed by atoms with van der Waals surface area (Å²) in [4.78, 5) is 2.05. The number of benzene rings is 2. The topological polar surface area (TPSA) is 87.7 Å². The van der Waals surface area contributed by atoms with Crippen LogP contribution >= 0.6 is 0 Å². The van der Waals surface area contributed by atoms with E-state index < -0.39 is 36.3 Å². The van der Waals surface area contributed by atoms with Crippen molar-refractivity contribution in [2.24, 2.45) is 11.7 Å². The SMILES string of the molecule is C=C(N)CC1CCN(C(=C)C[C@H]2OC(c3cccc(CC)c3OC)c3cc(OC(F)(F)F)ccc3-n3c2nnc3C(F)(F)F)CC1. The Morgan fingerprint density at radius 3 is 2.35 bits per heavy atom. The standard InChI is InChI=1S/C32H35F6N5O3/c1-5-21-7-6-8-23(27(21)44-4)28-24-17-22(46-32(36,37)38)9-10-25(24)43-29(40-41-30(43)31(33,34)35)26(45-28)16-19(3)42-13-11-20(12-14-42)15-18(2)39/h6-10,17,20,26,28H,2-3,5,11-16,39H2,1,4H3/t26-,28?/m1/s1. The summed E-state index contributed by atoms with van der Waals surface area (Å²) in [6, 6.07) is 8.33. The van der Waals surface area contributed by atoms with Gasteiger partial charge in [0.25, 0.3) is 0 Å². The number of rotatable bonds is 9. The van der Waals surface area contributed by atoms with Crippen molar-refractivity contribution in [3.05, 3.63) is 89.3 Å². The van der Waals surface area contributed by atoms with Crippen molar-refractivity contribution in [3.63, 3.8) is 0 Å². The van der Waals surface area contributed by atoms with Gasteiger partial charge in [0.1, 0.15) is 23.7 Å². The van der Waals surface area contributed by atoms with Gasteiger partial charge < -0.3 is 24.8 Å². The maximum atomic E-state index is 14.4. The van der Waals surface area contributed by atoms with E-state index in [9.17, 15) is 26.3 Å². The Balaban J connectivity index is 1.63. The Morgan fingerprint density at radius 2 is 1.74 bits per heavy atom. The Bertz CT molecular complexity index is 1590. The maximum Gasteiger partial charge on any atom is 0.573 e. The van der Waals surface area contributed by atoms with Crippen molar-refractivity contribution in [2.75, 3.05) is 20.2 Å². The minimum atomic E-state index is -5.04. The van der Waals surface area contributed by atoms with E-state index in [1.54, 1.807) is 12.1 Å². The zero-order valence-corrected chi connectivity index (χ0v) is 25.4. The molecule has 1 unspecified atom stereocenters. The van der Waals surface area contributed by atoms with Gasteiger partial charge in [-0.2, -0.15) is 13.2 Å². The highest BCUT2D eigenvalue weighted by Gasteiger charge is 2.44. The highest BCUT2D eigenvalue weighted by molar-refractivity contribution is 5.55. The zero-order valence-electron chi connectivity index (χ0n) is 25.4. The van der Waals surface area contributed by atoms with Gasteiger partial charge in [-0.15, -0.1) is 23.4 Å². The van der Waals surface area contributed by atoms with Crippen molar-refractivity contribution < 1.29 is 40.6 Å². The molecule has 1 aromatic heterocycles. The monoisotopic (exact) mass is 651 g/mol. The molecule has 1 fully saturated rings. The van der Waals surface area contributed by atoms with Crippen molar-refractivity contribution in [1.29, 1.82) is 0 Å². The van der Waals surface area contributed by atoms with E-state index in [0.29, 0.717) is 54.6 Å². The number of methoxy groups -OCH3 is 1. The summed E-state index contributed by atoms with van der Waals surface area (Å²) in [7, 11) is 1.44. The molecule has 0 amide bonds. The summed E-state index contributed by atoms with van der Waals surface area (Å²) in [6.45, 7) is 11.2. The lowest BCUT2D eigenvalue weighted by molar-refractivity contribution is -0.274.